The number of nitrogens with one attached hydrogen (secondary N) is 1. The fraction of sp³-hybridized carbons (Fsp3) is 0.471. The van der Waals surface area contributed by atoms with Gasteiger partial charge in [-0.05, 0) is 31.9 Å². The van der Waals surface area contributed by atoms with E-state index in [0.717, 1.165) is 22.9 Å². The summed E-state index contributed by atoms with van der Waals surface area (Å²) in [5, 5.41) is 4.60. The number of carbonyl (C=O) groups is 1. The SMILES string of the molecule is CCCCCC(C)NC(=O)c1sc2cc(C)ccc2c1Cl. The molecule has 0 saturated heterocycles. The van der Waals surface area contributed by atoms with Crippen LogP contribution in [0.1, 0.15) is 54.8 Å². The van der Waals surface area contributed by atoms with E-state index >= 15 is 0 Å². The number of carbonyl (C=O) groups excluding carboxylic acids is 1. The van der Waals surface area contributed by atoms with Gasteiger partial charge < -0.3 is 5.32 Å². The van der Waals surface area contributed by atoms with Gasteiger partial charge in [-0.2, -0.15) is 0 Å². The standard InChI is InChI=1S/C17H22ClNOS/c1-4-5-6-7-12(3)19-17(20)16-15(18)13-9-8-11(2)10-14(13)21-16/h8-10,12H,4-7H2,1-3H3,(H,19,20). The minimum atomic E-state index is -0.0529. The fourth-order valence-electron chi connectivity index (χ4n) is 2.38. The van der Waals surface area contributed by atoms with E-state index in [-0.39, 0.29) is 11.9 Å². The third-order valence-corrected chi connectivity index (χ3v) is 5.27. The largest absolute Gasteiger partial charge is 0.349 e. The van der Waals surface area contributed by atoms with Crippen LogP contribution in [0.25, 0.3) is 10.1 Å². The maximum absolute atomic E-state index is 12.4. The Labute approximate surface area is 135 Å². The number of unbranched alkanes of at least 4 members (excludes halogenated alkanes) is 2. The maximum atomic E-state index is 12.4. The van der Waals surface area contributed by atoms with E-state index in [9.17, 15) is 4.79 Å². The molecule has 0 aliphatic rings. The molecule has 1 amide bonds. The number of benzene rings is 1. The molecule has 0 spiro atoms. The molecule has 1 aromatic heterocycles. The minimum absolute atomic E-state index is 0.0529. The Hall–Kier alpha value is -1.06. The van der Waals surface area contributed by atoms with Crippen LogP contribution in [0.2, 0.25) is 5.02 Å². The van der Waals surface area contributed by atoms with Gasteiger partial charge in [0.25, 0.3) is 5.91 Å². The van der Waals surface area contributed by atoms with Gasteiger partial charge in [-0.3, -0.25) is 4.79 Å². The molecular formula is C17H22ClNOS. The fourth-order valence-corrected chi connectivity index (χ4v) is 3.90. The Bertz CT molecular complexity index is 635. The van der Waals surface area contributed by atoms with Gasteiger partial charge in [0, 0.05) is 16.1 Å². The van der Waals surface area contributed by atoms with Crippen molar-refractivity contribution in [1.29, 1.82) is 0 Å². The number of hydrogen-bond acceptors (Lipinski definition) is 2. The number of fused-ring (bicyclic) bond motifs is 1. The minimum Gasteiger partial charge on any atom is -0.349 e. The number of thiophene rings is 1. The lowest BCUT2D eigenvalue weighted by Gasteiger charge is -2.12. The Kier molecular flexibility index (Phi) is 5.65. The molecule has 1 N–H and O–H groups in total. The molecule has 1 unspecified atom stereocenters. The van der Waals surface area contributed by atoms with Crippen molar-refractivity contribution >= 4 is 38.9 Å². The molecule has 1 atom stereocenters. The molecule has 4 heteroatoms. The molecule has 0 bridgehead atoms. The van der Waals surface area contributed by atoms with E-state index in [0.29, 0.717) is 9.90 Å². The van der Waals surface area contributed by atoms with Crippen molar-refractivity contribution in [3.8, 4) is 0 Å². The summed E-state index contributed by atoms with van der Waals surface area (Å²) in [5.74, 6) is -0.0529. The van der Waals surface area contributed by atoms with Crippen LogP contribution in [0.15, 0.2) is 18.2 Å². The summed E-state index contributed by atoms with van der Waals surface area (Å²) in [6, 6.07) is 6.28. The first-order valence-electron chi connectivity index (χ1n) is 7.52. The predicted octanol–water partition coefficient (Wildman–Crippen LogP) is 5.56. The second-order valence-corrected chi connectivity index (χ2v) is 7.05. The smallest absolute Gasteiger partial charge is 0.263 e. The molecule has 1 aromatic carbocycles. The van der Waals surface area contributed by atoms with Crippen LogP contribution in [0.5, 0.6) is 0 Å². The molecule has 2 rings (SSSR count). The molecule has 2 nitrogen and oxygen atoms in total. The summed E-state index contributed by atoms with van der Waals surface area (Å²) in [7, 11) is 0. The van der Waals surface area contributed by atoms with Gasteiger partial charge in [-0.1, -0.05) is 49.9 Å². The van der Waals surface area contributed by atoms with E-state index in [4.69, 9.17) is 11.6 Å². The highest BCUT2D eigenvalue weighted by atomic mass is 35.5. The van der Waals surface area contributed by atoms with Crippen molar-refractivity contribution in [2.75, 3.05) is 0 Å². The number of hydrogen-bond donors (Lipinski definition) is 1. The highest BCUT2D eigenvalue weighted by Gasteiger charge is 2.18. The van der Waals surface area contributed by atoms with E-state index < -0.39 is 0 Å². The zero-order valence-electron chi connectivity index (χ0n) is 12.8. The van der Waals surface area contributed by atoms with E-state index in [1.54, 1.807) is 0 Å². The zero-order valence-corrected chi connectivity index (χ0v) is 14.4. The first kappa shape index (κ1) is 16.3. The third kappa shape index (κ3) is 3.98. The van der Waals surface area contributed by atoms with Gasteiger partial charge in [0.1, 0.15) is 4.88 Å². The quantitative estimate of drug-likeness (QED) is 0.692. The van der Waals surface area contributed by atoms with E-state index in [1.807, 2.05) is 19.1 Å². The van der Waals surface area contributed by atoms with Crippen LogP contribution in [0.3, 0.4) is 0 Å². The normalized spacial score (nSPS) is 12.6. The summed E-state index contributed by atoms with van der Waals surface area (Å²) >= 11 is 7.84. The second-order valence-electron chi connectivity index (χ2n) is 5.62. The highest BCUT2D eigenvalue weighted by molar-refractivity contribution is 7.21. The van der Waals surface area contributed by atoms with Gasteiger partial charge in [0.05, 0.1) is 5.02 Å². The Morgan fingerprint density at radius 2 is 2.14 bits per heavy atom. The lowest BCUT2D eigenvalue weighted by atomic mass is 10.1. The molecule has 2 aromatic rings. The van der Waals surface area contributed by atoms with E-state index in [2.05, 4.69) is 25.2 Å². The van der Waals surface area contributed by atoms with Gasteiger partial charge in [0.2, 0.25) is 0 Å². The van der Waals surface area contributed by atoms with Gasteiger partial charge in [-0.15, -0.1) is 11.3 Å². The molecule has 1 heterocycles. The number of rotatable bonds is 6. The molecule has 0 saturated carbocycles. The Morgan fingerprint density at radius 3 is 2.86 bits per heavy atom. The lowest BCUT2D eigenvalue weighted by molar-refractivity contribution is 0.0942. The van der Waals surface area contributed by atoms with Crippen molar-refractivity contribution < 1.29 is 4.79 Å². The summed E-state index contributed by atoms with van der Waals surface area (Å²) in [5.41, 5.74) is 1.18. The van der Waals surface area contributed by atoms with Crippen molar-refractivity contribution in [3.05, 3.63) is 33.7 Å². The predicted molar refractivity (Wildman–Crippen MR) is 92.6 cm³/mol. The number of amides is 1. The summed E-state index contributed by atoms with van der Waals surface area (Å²) in [6.45, 7) is 6.28. The maximum Gasteiger partial charge on any atom is 0.263 e. The Balaban J connectivity index is 2.10. The first-order valence-corrected chi connectivity index (χ1v) is 8.72. The van der Waals surface area contributed by atoms with Crippen LogP contribution in [0, 0.1) is 6.92 Å². The second kappa shape index (κ2) is 7.28. The summed E-state index contributed by atoms with van der Waals surface area (Å²) in [4.78, 5) is 13.0. The van der Waals surface area contributed by atoms with Gasteiger partial charge in [-0.25, -0.2) is 0 Å². The third-order valence-electron chi connectivity index (χ3n) is 3.61. The molecule has 0 radical (unpaired) electrons. The zero-order chi connectivity index (χ0) is 15.4. The molecule has 0 aliphatic carbocycles. The van der Waals surface area contributed by atoms with E-state index in [1.165, 1.54) is 29.7 Å². The van der Waals surface area contributed by atoms with Crippen molar-refractivity contribution in [3.63, 3.8) is 0 Å². The monoisotopic (exact) mass is 323 g/mol. The average molecular weight is 324 g/mol. The highest BCUT2D eigenvalue weighted by Crippen LogP contribution is 2.35. The first-order chi connectivity index (χ1) is 10.0. The summed E-state index contributed by atoms with van der Waals surface area (Å²) < 4.78 is 1.07. The van der Waals surface area contributed by atoms with Crippen molar-refractivity contribution in [2.45, 2.75) is 52.5 Å². The van der Waals surface area contributed by atoms with Crippen LogP contribution < -0.4 is 5.32 Å². The average Bonchev–Trinajstić information content (AvgIpc) is 2.75. The Morgan fingerprint density at radius 1 is 1.38 bits per heavy atom. The molecule has 0 fully saturated rings. The molecule has 114 valence electrons. The number of halogens is 1. The molecule has 21 heavy (non-hydrogen) atoms. The lowest BCUT2D eigenvalue weighted by Crippen LogP contribution is -2.32. The number of aryl methyl sites for hydroxylation is 1. The summed E-state index contributed by atoms with van der Waals surface area (Å²) in [6.07, 6.45) is 4.57. The van der Waals surface area contributed by atoms with Crippen molar-refractivity contribution in [1.82, 2.24) is 5.32 Å². The topological polar surface area (TPSA) is 29.1 Å². The molecular weight excluding hydrogens is 302 g/mol. The van der Waals surface area contributed by atoms with Crippen LogP contribution in [-0.2, 0) is 0 Å². The van der Waals surface area contributed by atoms with Crippen LogP contribution in [-0.4, -0.2) is 11.9 Å². The van der Waals surface area contributed by atoms with Gasteiger partial charge in [0.15, 0.2) is 0 Å². The van der Waals surface area contributed by atoms with Crippen LogP contribution in [0.4, 0.5) is 0 Å². The van der Waals surface area contributed by atoms with Crippen LogP contribution >= 0.6 is 22.9 Å². The van der Waals surface area contributed by atoms with Gasteiger partial charge >= 0.3 is 0 Å². The molecule has 0 aliphatic heterocycles. The van der Waals surface area contributed by atoms with Crippen molar-refractivity contribution in [2.24, 2.45) is 0 Å².